The summed E-state index contributed by atoms with van der Waals surface area (Å²) in [5, 5.41) is 3.25. The van der Waals surface area contributed by atoms with Crippen molar-refractivity contribution in [3.8, 4) is 11.5 Å². The maximum Gasteiger partial charge on any atom is 0.251 e. The zero-order valence-electron chi connectivity index (χ0n) is 14.3. The summed E-state index contributed by atoms with van der Waals surface area (Å²) in [6.45, 7) is 0. The van der Waals surface area contributed by atoms with E-state index in [9.17, 15) is 4.79 Å². The van der Waals surface area contributed by atoms with Crippen molar-refractivity contribution in [2.45, 2.75) is 44.2 Å². The molecule has 2 aliphatic carbocycles. The zero-order valence-corrected chi connectivity index (χ0v) is 15.1. The minimum Gasteiger partial charge on any atom is -0.497 e. The lowest BCUT2D eigenvalue weighted by molar-refractivity contribution is 0.0755. The number of ether oxygens (including phenoxy) is 2. The molecule has 2 unspecified atom stereocenters. The number of rotatable bonds is 4. The van der Waals surface area contributed by atoms with Gasteiger partial charge < -0.3 is 20.5 Å². The fraction of sp³-hybridized carbons (Fsp3) is 0.611. The van der Waals surface area contributed by atoms with Crippen molar-refractivity contribution in [1.29, 1.82) is 0 Å². The van der Waals surface area contributed by atoms with E-state index in [1.54, 1.807) is 32.4 Å². The van der Waals surface area contributed by atoms with Crippen molar-refractivity contribution in [3.63, 3.8) is 0 Å². The van der Waals surface area contributed by atoms with Gasteiger partial charge in [-0.25, -0.2) is 0 Å². The molecular formula is C18H27ClN2O3. The number of nitrogens with two attached hydrogens (primary N) is 1. The molecule has 0 heterocycles. The van der Waals surface area contributed by atoms with Gasteiger partial charge in [-0.15, -0.1) is 12.4 Å². The van der Waals surface area contributed by atoms with Crippen LogP contribution < -0.4 is 20.5 Å². The van der Waals surface area contributed by atoms with Crippen molar-refractivity contribution in [2.24, 2.45) is 17.6 Å². The molecule has 1 aromatic carbocycles. The molecule has 24 heavy (non-hydrogen) atoms. The summed E-state index contributed by atoms with van der Waals surface area (Å²) >= 11 is 0. The summed E-state index contributed by atoms with van der Waals surface area (Å²) in [5.41, 5.74) is 6.74. The molecule has 3 rings (SSSR count). The van der Waals surface area contributed by atoms with E-state index in [4.69, 9.17) is 15.2 Å². The van der Waals surface area contributed by atoms with Crippen LogP contribution in [0.1, 0.15) is 42.5 Å². The molecule has 2 fully saturated rings. The van der Waals surface area contributed by atoms with E-state index in [0.717, 1.165) is 25.7 Å². The molecule has 1 amide bonds. The number of methoxy groups -OCH3 is 2. The van der Waals surface area contributed by atoms with Gasteiger partial charge in [0.05, 0.1) is 14.2 Å². The largest absolute Gasteiger partial charge is 0.497 e. The van der Waals surface area contributed by atoms with Crippen LogP contribution in [-0.2, 0) is 0 Å². The molecule has 5 nitrogen and oxygen atoms in total. The Hall–Kier alpha value is -1.46. The first-order valence-electron chi connectivity index (χ1n) is 8.40. The number of nitrogens with one attached hydrogen (secondary N) is 1. The second-order valence-corrected chi connectivity index (χ2v) is 6.78. The highest BCUT2D eigenvalue weighted by Crippen LogP contribution is 2.39. The smallest absolute Gasteiger partial charge is 0.251 e. The van der Waals surface area contributed by atoms with Crippen LogP contribution in [-0.4, -0.2) is 32.2 Å². The average molecular weight is 355 g/mol. The van der Waals surface area contributed by atoms with Crippen molar-refractivity contribution >= 4 is 18.3 Å². The summed E-state index contributed by atoms with van der Waals surface area (Å²) in [5.74, 6) is 2.21. The molecule has 3 N–H and O–H groups in total. The first kappa shape index (κ1) is 18.9. The van der Waals surface area contributed by atoms with Gasteiger partial charge in [0, 0.05) is 23.7 Å². The molecular weight excluding hydrogens is 328 g/mol. The molecule has 2 aliphatic rings. The molecule has 0 aliphatic heterocycles. The normalized spacial score (nSPS) is 28.5. The SMILES string of the molecule is COc1cc(OC)cc(C(=O)NC2C3CCCC2CC(N)C3)c1.Cl. The second kappa shape index (κ2) is 8.08. The molecule has 134 valence electrons. The summed E-state index contributed by atoms with van der Waals surface area (Å²) in [6.07, 6.45) is 5.61. The minimum atomic E-state index is -0.0560. The highest BCUT2D eigenvalue weighted by molar-refractivity contribution is 5.95. The first-order valence-corrected chi connectivity index (χ1v) is 8.40. The van der Waals surface area contributed by atoms with Crippen molar-refractivity contribution in [2.75, 3.05) is 14.2 Å². The summed E-state index contributed by atoms with van der Waals surface area (Å²) in [7, 11) is 3.17. The zero-order chi connectivity index (χ0) is 16.4. The van der Waals surface area contributed by atoms with E-state index in [1.807, 2.05) is 0 Å². The Kier molecular flexibility index (Phi) is 6.35. The van der Waals surface area contributed by atoms with E-state index >= 15 is 0 Å². The lowest BCUT2D eigenvalue weighted by Crippen LogP contribution is -2.53. The van der Waals surface area contributed by atoms with E-state index < -0.39 is 0 Å². The van der Waals surface area contributed by atoms with Crippen molar-refractivity contribution in [3.05, 3.63) is 23.8 Å². The summed E-state index contributed by atoms with van der Waals surface area (Å²) in [4.78, 5) is 12.7. The van der Waals surface area contributed by atoms with Crippen LogP contribution in [0.4, 0.5) is 0 Å². The van der Waals surface area contributed by atoms with Gasteiger partial charge in [-0.1, -0.05) is 6.42 Å². The maximum atomic E-state index is 12.7. The number of fused-ring (bicyclic) bond motifs is 2. The standard InChI is InChI=1S/C18H26N2O3.ClH/c1-22-15-8-13(9-16(10-15)23-2)18(21)20-17-11-4-3-5-12(17)7-14(19)6-11;/h8-12,14,17H,3-7,19H2,1-2H3,(H,20,21);1H. The number of halogens is 1. The number of carbonyl (C=O) groups is 1. The van der Waals surface area contributed by atoms with Crippen LogP contribution in [0.5, 0.6) is 11.5 Å². The minimum absolute atomic E-state index is 0. The highest BCUT2D eigenvalue weighted by atomic mass is 35.5. The Balaban J connectivity index is 0.00000208. The fourth-order valence-corrected chi connectivity index (χ4v) is 4.20. The van der Waals surface area contributed by atoms with E-state index in [0.29, 0.717) is 28.9 Å². The number of amides is 1. The van der Waals surface area contributed by atoms with Crippen LogP contribution in [0, 0.1) is 11.8 Å². The number of hydrogen-bond donors (Lipinski definition) is 2. The summed E-state index contributed by atoms with van der Waals surface area (Å²) in [6, 6.07) is 5.80. The van der Waals surface area contributed by atoms with Crippen molar-refractivity contribution < 1.29 is 14.3 Å². The molecule has 0 saturated heterocycles. The Morgan fingerprint density at radius 2 is 1.62 bits per heavy atom. The monoisotopic (exact) mass is 354 g/mol. The van der Waals surface area contributed by atoms with Crippen LogP contribution in [0.25, 0.3) is 0 Å². The van der Waals surface area contributed by atoms with E-state index in [1.165, 1.54) is 6.42 Å². The van der Waals surface area contributed by atoms with E-state index in [2.05, 4.69) is 5.32 Å². The van der Waals surface area contributed by atoms with Gasteiger partial charge in [-0.2, -0.15) is 0 Å². The third-order valence-electron chi connectivity index (χ3n) is 5.29. The number of carbonyl (C=O) groups excluding carboxylic acids is 1. The molecule has 2 atom stereocenters. The van der Waals surface area contributed by atoms with E-state index in [-0.39, 0.29) is 30.4 Å². The van der Waals surface area contributed by atoms with Crippen molar-refractivity contribution in [1.82, 2.24) is 5.32 Å². The number of benzene rings is 1. The van der Waals surface area contributed by atoms with Crippen LogP contribution >= 0.6 is 12.4 Å². The third-order valence-corrected chi connectivity index (χ3v) is 5.29. The Labute approximate surface area is 149 Å². The van der Waals surface area contributed by atoms with Crippen LogP contribution in [0.15, 0.2) is 18.2 Å². The molecule has 6 heteroatoms. The molecule has 1 aromatic rings. The second-order valence-electron chi connectivity index (χ2n) is 6.78. The molecule has 2 bridgehead atoms. The Morgan fingerprint density at radius 3 is 2.12 bits per heavy atom. The Bertz CT molecular complexity index is 545. The van der Waals surface area contributed by atoms with Gasteiger partial charge in [0.15, 0.2) is 0 Å². The average Bonchev–Trinajstić information content (AvgIpc) is 2.55. The quantitative estimate of drug-likeness (QED) is 0.872. The maximum absolute atomic E-state index is 12.7. The summed E-state index contributed by atoms with van der Waals surface area (Å²) < 4.78 is 10.5. The van der Waals surface area contributed by atoms with Gasteiger partial charge in [0.1, 0.15) is 11.5 Å². The number of hydrogen-bond acceptors (Lipinski definition) is 4. The predicted molar refractivity (Wildman–Crippen MR) is 96.1 cm³/mol. The Morgan fingerprint density at radius 1 is 1.08 bits per heavy atom. The van der Waals surface area contributed by atoms with Gasteiger partial charge in [0.2, 0.25) is 0 Å². The van der Waals surface area contributed by atoms with Gasteiger partial charge >= 0.3 is 0 Å². The predicted octanol–water partition coefficient (Wildman–Crippen LogP) is 2.76. The van der Waals surface area contributed by atoms with Gasteiger partial charge in [-0.3, -0.25) is 4.79 Å². The molecule has 0 spiro atoms. The topological polar surface area (TPSA) is 73.6 Å². The first-order chi connectivity index (χ1) is 11.1. The fourth-order valence-electron chi connectivity index (χ4n) is 4.20. The lowest BCUT2D eigenvalue weighted by Gasteiger charge is -2.45. The van der Waals surface area contributed by atoms with Gasteiger partial charge in [0.25, 0.3) is 5.91 Å². The lowest BCUT2D eigenvalue weighted by atomic mass is 9.67. The highest BCUT2D eigenvalue weighted by Gasteiger charge is 2.40. The van der Waals surface area contributed by atoms with Gasteiger partial charge in [-0.05, 0) is 49.7 Å². The third kappa shape index (κ3) is 3.95. The molecule has 0 aromatic heterocycles. The van der Waals surface area contributed by atoms with Crippen LogP contribution in [0.3, 0.4) is 0 Å². The molecule has 0 radical (unpaired) electrons. The molecule has 2 saturated carbocycles. The van der Waals surface area contributed by atoms with Crippen LogP contribution in [0.2, 0.25) is 0 Å².